The van der Waals surface area contributed by atoms with E-state index in [1.54, 1.807) is 12.1 Å². The van der Waals surface area contributed by atoms with Gasteiger partial charge in [0.25, 0.3) is 5.56 Å². The summed E-state index contributed by atoms with van der Waals surface area (Å²) in [6.07, 6.45) is 0.886. The van der Waals surface area contributed by atoms with Gasteiger partial charge in [0.05, 0.1) is 34.8 Å². The molecule has 1 fully saturated rings. The zero-order valence-corrected chi connectivity index (χ0v) is 20.0. The summed E-state index contributed by atoms with van der Waals surface area (Å²) in [5.74, 6) is 1.24. The highest BCUT2D eigenvalue weighted by Crippen LogP contribution is 2.38. The quantitative estimate of drug-likeness (QED) is 0.509. The average Bonchev–Trinajstić information content (AvgIpc) is 3.36. The molecule has 2 amide bonds. The van der Waals surface area contributed by atoms with Crippen LogP contribution in [0.15, 0.2) is 52.2 Å². The number of fused-ring (bicyclic) bond motifs is 1. The van der Waals surface area contributed by atoms with Crippen molar-refractivity contribution in [3.63, 3.8) is 0 Å². The van der Waals surface area contributed by atoms with Gasteiger partial charge >= 0.3 is 6.09 Å². The van der Waals surface area contributed by atoms with Crippen LogP contribution < -0.4 is 21.1 Å². The molecule has 9 nitrogen and oxygen atoms in total. The molecule has 35 heavy (non-hydrogen) atoms. The Morgan fingerprint density at radius 3 is 2.94 bits per heavy atom. The second-order valence-corrected chi connectivity index (χ2v) is 10.1. The molecule has 180 valence electrons. The van der Waals surface area contributed by atoms with Gasteiger partial charge in [0, 0.05) is 6.07 Å². The second-order valence-electron chi connectivity index (χ2n) is 9.11. The molecule has 3 aliphatic rings. The monoisotopic (exact) mass is 491 g/mol. The maximum Gasteiger partial charge on any atom is 0.415 e. The molecular formula is C25H25N5O4S. The van der Waals surface area contributed by atoms with Gasteiger partial charge in [-0.3, -0.25) is 14.5 Å². The first-order valence-electron chi connectivity index (χ1n) is 11.8. The zero-order chi connectivity index (χ0) is 24.1. The third-order valence-corrected chi connectivity index (χ3v) is 7.93. The van der Waals surface area contributed by atoms with Crippen LogP contribution >= 0.6 is 11.8 Å². The molecule has 2 aromatic heterocycles. The summed E-state index contributed by atoms with van der Waals surface area (Å²) >= 11 is 1.43. The summed E-state index contributed by atoms with van der Waals surface area (Å²) < 4.78 is 7.46. The molecule has 5 heterocycles. The lowest BCUT2D eigenvalue weighted by atomic mass is 10.0. The number of benzene rings is 1. The van der Waals surface area contributed by atoms with Crippen molar-refractivity contribution in [2.24, 2.45) is 0 Å². The summed E-state index contributed by atoms with van der Waals surface area (Å²) in [6.45, 7) is 3.23. The Labute approximate surface area is 205 Å². The Kier molecular flexibility index (Phi) is 5.49. The van der Waals surface area contributed by atoms with E-state index in [-0.39, 0.29) is 29.7 Å². The van der Waals surface area contributed by atoms with Crippen LogP contribution in [0.4, 0.5) is 16.4 Å². The Bertz CT molecular complexity index is 1410. The lowest BCUT2D eigenvalue weighted by molar-refractivity contribution is -0.113. The molecular weight excluding hydrogens is 466 g/mol. The van der Waals surface area contributed by atoms with Gasteiger partial charge in [-0.15, -0.1) is 11.8 Å². The fourth-order valence-corrected chi connectivity index (χ4v) is 6.00. The maximum atomic E-state index is 12.5. The number of aromatic nitrogens is 2. The summed E-state index contributed by atoms with van der Waals surface area (Å²) in [4.78, 5) is 43.5. The van der Waals surface area contributed by atoms with Crippen LogP contribution in [0.5, 0.6) is 0 Å². The molecule has 0 aliphatic carbocycles. The van der Waals surface area contributed by atoms with Gasteiger partial charge < -0.3 is 19.9 Å². The highest BCUT2D eigenvalue weighted by atomic mass is 32.2. The number of ether oxygens (including phenoxy) is 1. The predicted molar refractivity (Wildman–Crippen MR) is 134 cm³/mol. The van der Waals surface area contributed by atoms with E-state index in [1.807, 2.05) is 28.8 Å². The van der Waals surface area contributed by atoms with Gasteiger partial charge in [-0.25, -0.2) is 9.78 Å². The number of pyridine rings is 2. The minimum absolute atomic E-state index is 0.0219. The van der Waals surface area contributed by atoms with Crippen LogP contribution in [0.1, 0.15) is 37.4 Å². The van der Waals surface area contributed by atoms with Crippen molar-refractivity contribution in [3.05, 3.63) is 58.4 Å². The molecule has 0 bridgehead atoms. The average molecular weight is 492 g/mol. The molecule has 2 N–H and O–H groups in total. The number of cyclic esters (lactones) is 1. The third-order valence-electron chi connectivity index (χ3n) is 6.88. The molecule has 10 heteroatoms. The number of hydrogen-bond donors (Lipinski definition) is 2. The second kappa shape index (κ2) is 8.69. The molecule has 0 saturated carbocycles. The topological polar surface area (TPSA) is 106 Å². The summed E-state index contributed by atoms with van der Waals surface area (Å²) in [5, 5.41) is 7.45. The van der Waals surface area contributed by atoms with Crippen LogP contribution in [0.3, 0.4) is 0 Å². The maximum absolute atomic E-state index is 12.5. The van der Waals surface area contributed by atoms with Crippen molar-refractivity contribution in [1.29, 1.82) is 0 Å². The molecule has 1 aromatic carbocycles. The van der Waals surface area contributed by atoms with Crippen LogP contribution in [-0.4, -0.2) is 46.5 Å². The third kappa shape index (κ3) is 3.86. The fourth-order valence-electron chi connectivity index (χ4n) is 5.24. The van der Waals surface area contributed by atoms with E-state index in [2.05, 4.69) is 28.6 Å². The molecule has 0 unspecified atom stereocenters. The first-order valence-corrected chi connectivity index (χ1v) is 12.8. The number of rotatable bonds is 6. The molecule has 6 rings (SSSR count). The highest BCUT2D eigenvalue weighted by Gasteiger charge is 2.34. The first-order chi connectivity index (χ1) is 17.0. The van der Waals surface area contributed by atoms with E-state index in [1.165, 1.54) is 16.7 Å². The SMILES string of the molecule is C[C@@H]1[C@@H](NCCC[C@H]2CN(c3ccc4c(n3)NC(=O)CS4)C(=O)O2)c2cccc3ccc(=O)n1c23. The zero-order valence-electron chi connectivity index (χ0n) is 19.2. The summed E-state index contributed by atoms with van der Waals surface area (Å²) in [6, 6.07) is 13.4. The van der Waals surface area contributed by atoms with Gasteiger partial charge in [0.15, 0.2) is 0 Å². The standard InChI is InChI=1S/C25H25N5O4S/c1-14-22(17-6-2-4-15-7-10-21(32)30(14)23(15)17)26-11-3-5-16-12-29(25(33)34-16)19-9-8-18-24(27-19)28-20(31)13-35-18/h2,4,6-10,14,16,22,26H,3,5,11-13H2,1H3,(H,27,28,31)/t14-,16+,22-/m1/s1. The Morgan fingerprint density at radius 2 is 2.06 bits per heavy atom. The number of anilines is 2. The van der Waals surface area contributed by atoms with Crippen molar-refractivity contribution in [3.8, 4) is 0 Å². The van der Waals surface area contributed by atoms with Gasteiger partial charge in [-0.05, 0) is 55.5 Å². The molecule has 1 saturated heterocycles. The summed E-state index contributed by atoms with van der Waals surface area (Å²) in [7, 11) is 0. The smallest absolute Gasteiger partial charge is 0.415 e. The largest absolute Gasteiger partial charge is 0.444 e. The lowest BCUT2D eigenvalue weighted by Crippen LogP contribution is -2.29. The number of carbonyl (C=O) groups excluding carboxylic acids is 2. The van der Waals surface area contributed by atoms with E-state index in [0.717, 1.165) is 34.3 Å². The van der Waals surface area contributed by atoms with Crippen LogP contribution in [0, 0.1) is 0 Å². The number of para-hydroxylation sites is 1. The number of hydrogen-bond acceptors (Lipinski definition) is 7. The number of nitrogens with one attached hydrogen (secondary N) is 2. The van der Waals surface area contributed by atoms with Gasteiger partial charge in [0.1, 0.15) is 17.7 Å². The van der Waals surface area contributed by atoms with E-state index >= 15 is 0 Å². The minimum atomic E-state index is -0.420. The van der Waals surface area contributed by atoms with Crippen molar-refractivity contribution < 1.29 is 14.3 Å². The van der Waals surface area contributed by atoms with Crippen LogP contribution in [-0.2, 0) is 9.53 Å². The highest BCUT2D eigenvalue weighted by molar-refractivity contribution is 8.00. The number of carbonyl (C=O) groups is 2. The lowest BCUT2D eigenvalue weighted by Gasteiger charge is -2.20. The normalized spacial score (nSPS) is 22.9. The van der Waals surface area contributed by atoms with Crippen molar-refractivity contribution in [2.45, 2.75) is 42.8 Å². The minimum Gasteiger partial charge on any atom is -0.444 e. The van der Waals surface area contributed by atoms with E-state index < -0.39 is 6.09 Å². The summed E-state index contributed by atoms with van der Waals surface area (Å²) in [5.41, 5.74) is 2.18. The van der Waals surface area contributed by atoms with Crippen LogP contribution in [0.25, 0.3) is 10.9 Å². The Balaban J connectivity index is 1.07. The van der Waals surface area contributed by atoms with Gasteiger partial charge in [-0.1, -0.05) is 18.2 Å². The van der Waals surface area contributed by atoms with Crippen molar-refractivity contribution >= 4 is 46.3 Å². The van der Waals surface area contributed by atoms with E-state index in [0.29, 0.717) is 30.4 Å². The molecule has 3 atom stereocenters. The van der Waals surface area contributed by atoms with Crippen molar-refractivity contribution in [1.82, 2.24) is 14.9 Å². The molecule has 3 aromatic rings. The molecule has 0 spiro atoms. The van der Waals surface area contributed by atoms with Gasteiger partial charge in [-0.2, -0.15) is 0 Å². The van der Waals surface area contributed by atoms with Crippen molar-refractivity contribution in [2.75, 3.05) is 29.1 Å². The predicted octanol–water partition coefficient (Wildman–Crippen LogP) is 3.45. The number of nitrogens with zero attached hydrogens (tertiary/aromatic N) is 3. The number of thioether (sulfide) groups is 1. The first kappa shape index (κ1) is 22.1. The van der Waals surface area contributed by atoms with Crippen LogP contribution in [0.2, 0.25) is 0 Å². The molecule has 3 aliphatic heterocycles. The van der Waals surface area contributed by atoms with E-state index in [4.69, 9.17) is 4.74 Å². The number of amides is 2. The fraction of sp³-hybridized carbons (Fsp3) is 0.360. The Morgan fingerprint density at radius 1 is 1.17 bits per heavy atom. The van der Waals surface area contributed by atoms with E-state index in [9.17, 15) is 14.4 Å². The molecule has 0 radical (unpaired) electrons. The Hall–Kier alpha value is -3.37. The van der Waals surface area contributed by atoms with Gasteiger partial charge in [0.2, 0.25) is 5.91 Å².